The Kier molecular flexibility index (Phi) is 7.73. The zero-order chi connectivity index (χ0) is 23.8. The van der Waals surface area contributed by atoms with Crippen molar-refractivity contribution in [2.45, 2.75) is 57.4 Å². The molecule has 3 aromatic rings. The molecule has 4 heterocycles. The molecule has 2 aliphatic rings. The first-order valence-electron chi connectivity index (χ1n) is 12.1. The summed E-state index contributed by atoms with van der Waals surface area (Å²) in [7, 11) is 0. The summed E-state index contributed by atoms with van der Waals surface area (Å²) in [6, 6.07) is 5.15. The van der Waals surface area contributed by atoms with Crippen molar-refractivity contribution in [1.29, 1.82) is 0 Å². The van der Waals surface area contributed by atoms with Crippen molar-refractivity contribution in [2.24, 2.45) is 0 Å². The Hall–Kier alpha value is -2.56. The maximum Gasteiger partial charge on any atom is 0.291 e. The first-order chi connectivity index (χ1) is 16.5. The molecule has 2 aromatic heterocycles. The van der Waals surface area contributed by atoms with Crippen molar-refractivity contribution < 1.29 is 18.8 Å². The molecule has 11 heteroatoms. The SMILES string of the molecule is CC(C)c1nn(-c2noc(C3CCN(C[C@H]4CCCN4C(=O)CO)CC3)n2)c2c(F)cccc12.Cl. The predicted molar refractivity (Wildman–Crippen MR) is 130 cm³/mol. The molecule has 0 unspecified atom stereocenters. The van der Waals surface area contributed by atoms with Gasteiger partial charge in [-0.15, -0.1) is 12.4 Å². The lowest BCUT2D eigenvalue weighted by Gasteiger charge is -2.34. The lowest BCUT2D eigenvalue weighted by Crippen LogP contribution is -2.46. The summed E-state index contributed by atoms with van der Waals surface area (Å²) in [5, 5.41) is 18.7. The number of nitrogens with zero attached hydrogens (tertiary/aromatic N) is 6. The highest BCUT2D eigenvalue weighted by Gasteiger charge is 2.32. The number of para-hydroxylation sites is 1. The van der Waals surface area contributed by atoms with E-state index in [0.717, 1.165) is 62.9 Å². The Bertz CT molecular complexity index is 1170. The van der Waals surface area contributed by atoms with E-state index >= 15 is 0 Å². The zero-order valence-corrected chi connectivity index (χ0v) is 20.9. The fraction of sp³-hybridized carbons (Fsp3) is 0.583. The molecule has 2 fully saturated rings. The number of hydrogen-bond donors (Lipinski definition) is 1. The van der Waals surface area contributed by atoms with Gasteiger partial charge in [0.2, 0.25) is 11.8 Å². The number of aromatic nitrogens is 4. The number of aliphatic hydroxyl groups excluding tert-OH is 1. The topological polar surface area (TPSA) is 101 Å². The van der Waals surface area contributed by atoms with Crippen molar-refractivity contribution in [1.82, 2.24) is 29.7 Å². The number of amides is 1. The third-order valence-electron chi connectivity index (χ3n) is 7.09. The van der Waals surface area contributed by atoms with Crippen molar-refractivity contribution in [3.05, 3.63) is 35.6 Å². The Morgan fingerprint density at radius 1 is 1.23 bits per heavy atom. The minimum absolute atomic E-state index is 0. The number of halogens is 2. The van der Waals surface area contributed by atoms with Gasteiger partial charge in [-0.05, 0) is 55.9 Å². The van der Waals surface area contributed by atoms with Gasteiger partial charge < -0.3 is 19.4 Å². The van der Waals surface area contributed by atoms with Crippen LogP contribution in [0.5, 0.6) is 0 Å². The second-order valence-corrected chi connectivity index (χ2v) is 9.64. The number of fused-ring (bicyclic) bond motifs is 1. The van der Waals surface area contributed by atoms with E-state index in [-0.39, 0.29) is 48.0 Å². The van der Waals surface area contributed by atoms with Crippen LogP contribution >= 0.6 is 12.4 Å². The van der Waals surface area contributed by atoms with Gasteiger partial charge in [0, 0.05) is 30.4 Å². The van der Waals surface area contributed by atoms with Gasteiger partial charge in [-0.2, -0.15) is 14.8 Å². The molecule has 190 valence electrons. The van der Waals surface area contributed by atoms with E-state index in [2.05, 4.69) is 20.1 Å². The summed E-state index contributed by atoms with van der Waals surface area (Å²) in [5.41, 5.74) is 1.17. The molecule has 5 rings (SSSR count). The van der Waals surface area contributed by atoms with Gasteiger partial charge in [0.1, 0.15) is 17.9 Å². The minimum Gasteiger partial charge on any atom is -0.387 e. The second-order valence-electron chi connectivity index (χ2n) is 9.64. The van der Waals surface area contributed by atoms with Gasteiger partial charge in [-0.25, -0.2) is 4.39 Å². The van der Waals surface area contributed by atoms with Gasteiger partial charge in [0.25, 0.3) is 5.95 Å². The van der Waals surface area contributed by atoms with Crippen LogP contribution in [0.4, 0.5) is 4.39 Å². The summed E-state index contributed by atoms with van der Waals surface area (Å²) in [6.45, 7) is 6.92. The van der Waals surface area contributed by atoms with Crippen molar-refractivity contribution in [3.63, 3.8) is 0 Å². The summed E-state index contributed by atoms with van der Waals surface area (Å²) < 4.78 is 21.7. The predicted octanol–water partition coefficient (Wildman–Crippen LogP) is 3.26. The third-order valence-corrected chi connectivity index (χ3v) is 7.09. The average Bonchev–Trinajstić information content (AvgIpc) is 3.58. The number of benzene rings is 1. The summed E-state index contributed by atoms with van der Waals surface area (Å²) in [6.07, 6.45) is 3.70. The van der Waals surface area contributed by atoms with E-state index in [1.807, 2.05) is 24.8 Å². The number of hydrogen-bond acceptors (Lipinski definition) is 7. The molecule has 0 bridgehead atoms. The molecule has 35 heavy (non-hydrogen) atoms. The highest BCUT2D eigenvalue weighted by atomic mass is 35.5. The van der Waals surface area contributed by atoms with E-state index in [0.29, 0.717) is 11.4 Å². The quantitative estimate of drug-likeness (QED) is 0.547. The van der Waals surface area contributed by atoms with Crippen molar-refractivity contribution in [3.8, 4) is 5.95 Å². The Labute approximate surface area is 209 Å². The van der Waals surface area contributed by atoms with Crippen LogP contribution < -0.4 is 0 Å². The maximum atomic E-state index is 14.7. The fourth-order valence-corrected chi connectivity index (χ4v) is 5.30. The lowest BCUT2D eigenvalue weighted by molar-refractivity contribution is -0.135. The van der Waals surface area contributed by atoms with Gasteiger partial charge >= 0.3 is 0 Å². The monoisotopic (exact) mass is 506 g/mol. The van der Waals surface area contributed by atoms with E-state index in [9.17, 15) is 14.3 Å². The standard InChI is InChI=1S/C24H31FN6O3.ClH/c1-15(2)21-18-6-3-7-19(25)22(18)31(27-21)24-26-23(34-28-24)16-8-11-29(12-9-16)13-17-5-4-10-30(17)20(33)14-32;/h3,6-7,15-17,32H,4-5,8-14H2,1-2H3;1H/t17-;/m1./s1. The molecule has 2 saturated heterocycles. The Morgan fingerprint density at radius 2 is 2.00 bits per heavy atom. The number of aliphatic hydroxyl groups is 1. The molecule has 0 spiro atoms. The second kappa shape index (κ2) is 10.6. The maximum absolute atomic E-state index is 14.7. The van der Waals surface area contributed by atoms with Crippen LogP contribution in [0, 0.1) is 5.82 Å². The van der Waals surface area contributed by atoms with Crippen LogP contribution in [0.25, 0.3) is 16.9 Å². The lowest BCUT2D eigenvalue weighted by atomic mass is 9.96. The van der Waals surface area contributed by atoms with Crippen LogP contribution in [0.2, 0.25) is 0 Å². The molecule has 9 nitrogen and oxygen atoms in total. The Morgan fingerprint density at radius 3 is 2.71 bits per heavy atom. The van der Waals surface area contributed by atoms with Crippen LogP contribution in [0.1, 0.15) is 63.0 Å². The zero-order valence-electron chi connectivity index (χ0n) is 20.1. The Balaban J connectivity index is 0.00000289. The summed E-state index contributed by atoms with van der Waals surface area (Å²) >= 11 is 0. The van der Waals surface area contributed by atoms with Gasteiger partial charge in [-0.1, -0.05) is 26.0 Å². The normalized spacial score (nSPS) is 19.6. The van der Waals surface area contributed by atoms with Gasteiger partial charge in [0.05, 0.1) is 5.69 Å². The third kappa shape index (κ3) is 4.92. The van der Waals surface area contributed by atoms with Crippen LogP contribution in [-0.4, -0.2) is 79.6 Å². The summed E-state index contributed by atoms with van der Waals surface area (Å²) in [5.74, 6) is 0.524. The molecule has 2 aliphatic heterocycles. The van der Waals surface area contributed by atoms with Crippen LogP contribution in [-0.2, 0) is 4.79 Å². The minimum atomic E-state index is -0.424. The largest absolute Gasteiger partial charge is 0.387 e. The first kappa shape index (κ1) is 25.5. The molecule has 0 aliphatic carbocycles. The van der Waals surface area contributed by atoms with Gasteiger partial charge in [0.15, 0.2) is 0 Å². The molecule has 0 saturated carbocycles. The van der Waals surface area contributed by atoms with Crippen LogP contribution in [0.3, 0.4) is 0 Å². The van der Waals surface area contributed by atoms with E-state index in [1.165, 1.54) is 10.7 Å². The van der Waals surface area contributed by atoms with Gasteiger partial charge in [-0.3, -0.25) is 4.79 Å². The molecular formula is C24H32ClFN6O3. The van der Waals surface area contributed by atoms with Crippen LogP contribution in [0.15, 0.2) is 22.7 Å². The smallest absolute Gasteiger partial charge is 0.291 e. The molecule has 1 aromatic carbocycles. The summed E-state index contributed by atoms with van der Waals surface area (Å²) in [4.78, 5) is 20.7. The van der Waals surface area contributed by atoms with E-state index < -0.39 is 6.61 Å². The molecule has 1 amide bonds. The molecule has 0 radical (unpaired) electrons. The number of carbonyl (C=O) groups excluding carboxylic acids is 1. The van der Waals surface area contributed by atoms with Crippen molar-refractivity contribution in [2.75, 3.05) is 32.8 Å². The molecule has 1 N–H and O–H groups in total. The molecule has 1 atom stereocenters. The fourth-order valence-electron chi connectivity index (χ4n) is 5.30. The highest BCUT2D eigenvalue weighted by molar-refractivity contribution is 5.85. The number of piperidine rings is 1. The number of likely N-dealkylation sites (tertiary alicyclic amines) is 2. The van der Waals surface area contributed by atoms with E-state index in [4.69, 9.17) is 4.52 Å². The van der Waals surface area contributed by atoms with Crippen molar-refractivity contribution >= 4 is 29.2 Å². The first-order valence-corrected chi connectivity index (χ1v) is 12.1. The highest BCUT2D eigenvalue weighted by Crippen LogP contribution is 2.31. The van der Waals surface area contributed by atoms with E-state index in [1.54, 1.807) is 6.07 Å². The molecular weight excluding hydrogens is 475 g/mol. The number of carbonyl (C=O) groups is 1. The average molecular weight is 507 g/mol. The number of rotatable bonds is 6.